The molecule has 0 atom stereocenters. The molecule has 13 heavy (non-hydrogen) atoms. The quantitative estimate of drug-likeness (QED) is 0.611. The second-order valence-electron chi connectivity index (χ2n) is 4.15. The third-order valence-corrected chi connectivity index (χ3v) is 3.05. The van der Waals surface area contributed by atoms with Gasteiger partial charge in [0.2, 0.25) is 5.92 Å². The van der Waals surface area contributed by atoms with Crippen LogP contribution in [-0.4, -0.2) is 23.9 Å². The first-order valence-electron chi connectivity index (χ1n) is 5.15. The minimum atomic E-state index is -2.41. The van der Waals surface area contributed by atoms with Crippen LogP contribution in [0.1, 0.15) is 38.5 Å². The van der Waals surface area contributed by atoms with E-state index in [-0.39, 0.29) is 12.8 Å². The van der Waals surface area contributed by atoms with Crippen molar-refractivity contribution < 1.29 is 8.78 Å². The summed E-state index contributed by atoms with van der Waals surface area (Å²) in [5.41, 5.74) is 0. The number of halogens is 2. The van der Waals surface area contributed by atoms with Gasteiger partial charge in [-0.1, -0.05) is 6.42 Å². The van der Waals surface area contributed by atoms with Crippen molar-refractivity contribution in [3.8, 4) is 0 Å². The fourth-order valence-corrected chi connectivity index (χ4v) is 2.28. The molecule has 0 aromatic rings. The number of alkyl halides is 2. The van der Waals surface area contributed by atoms with Gasteiger partial charge >= 0.3 is 0 Å². The van der Waals surface area contributed by atoms with Crippen molar-refractivity contribution in [2.75, 3.05) is 13.1 Å². The van der Waals surface area contributed by atoms with Crippen LogP contribution in [-0.2, 0) is 0 Å². The van der Waals surface area contributed by atoms with Gasteiger partial charge in [0, 0.05) is 18.9 Å². The molecule has 2 rings (SSSR count). The predicted molar refractivity (Wildman–Crippen MR) is 47.5 cm³/mol. The standard InChI is InChI=1S/C10H16F2N/c11-10(12)5-4-9(8-10)13-6-2-1-3-7-13/h1-8H2. The topological polar surface area (TPSA) is 3.24 Å². The summed E-state index contributed by atoms with van der Waals surface area (Å²) in [6.45, 7) is 2.01. The van der Waals surface area contributed by atoms with Crippen LogP contribution in [0, 0.1) is 6.04 Å². The Morgan fingerprint density at radius 2 is 1.77 bits per heavy atom. The molecule has 2 aliphatic rings. The molecule has 1 saturated heterocycles. The van der Waals surface area contributed by atoms with Gasteiger partial charge in [-0.3, -0.25) is 4.90 Å². The average Bonchev–Trinajstić information content (AvgIpc) is 2.48. The van der Waals surface area contributed by atoms with E-state index >= 15 is 0 Å². The van der Waals surface area contributed by atoms with E-state index in [1.807, 2.05) is 0 Å². The summed E-state index contributed by atoms with van der Waals surface area (Å²) in [5.74, 6) is -2.41. The van der Waals surface area contributed by atoms with Crippen LogP contribution in [0.3, 0.4) is 0 Å². The lowest BCUT2D eigenvalue weighted by Gasteiger charge is -2.31. The van der Waals surface area contributed by atoms with E-state index < -0.39 is 5.92 Å². The van der Waals surface area contributed by atoms with Crippen LogP contribution >= 0.6 is 0 Å². The number of hydrogen-bond donors (Lipinski definition) is 0. The number of hydrogen-bond acceptors (Lipinski definition) is 1. The average molecular weight is 188 g/mol. The Labute approximate surface area is 78.1 Å². The zero-order valence-corrected chi connectivity index (χ0v) is 7.86. The number of piperidine rings is 1. The summed E-state index contributed by atoms with van der Waals surface area (Å²) in [6.07, 6.45) is 4.32. The molecule has 0 spiro atoms. The number of likely N-dealkylation sites (tertiary alicyclic amines) is 1. The molecule has 0 unspecified atom stereocenters. The highest BCUT2D eigenvalue weighted by atomic mass is 19.3. The third-order valence-electron chi connectivity index (χ3n) is 3.05. The van der Waals surface area contributed by atoms with Crippen molar-refractivity contribution in [1.82, 2.24) is 4.90 Å². The van der Waals surface area contributed by atoms with Crippen molar-refractivity contribution in [3.05, 3.63) is 6.04 Å². The summed E-state index contributed by atoms with van der Waals surface area (Å²) < 4.78 is 25.8. The summed E-state index contributed by atoms with van der Waals surface area (Å²) in [4.78, 5) is 2.18. The molecule has 0 aromatic carbocycles. The summed E-state index contributed by atoms with van der Waals surface area (Å²) in [5, 5.41) is 0. The molecule has 1 nitrogen and oxygen atoms in total. The molecule has 75 valence electrons. The molecule has 2 fully saturated rings. The third kappa shape index (κ3) is 2.19. The highest BCUT2D eigenvalue weighted by Gasteiger charge is 2.42. The van der Waals surface area contributed by atoms with Gasteiger partial charge in [0.1, 0.15) is 0 Å². The van der Waals surface area contributed by atoms with Crippen LogP contribution in [0.15, 0.2) is 0 Å². The lowest BCUT2D eigenvalue weighted by Crippen LogP contribution is -2.33. The van der Waals surface area contributed by atoms with E-state index in [4.69, 9.17) is 0 Å². The van der Waals surface area contributed by atoms with Crippen molar-refractivity contribution in [3.63, 3.8) is 0 Å². The lowest BCUT2D eigenvalue weighted by molar-refractivity contribution is 0.00685. The minimum absolute atomic E-state index is 0.0208. The Morgan fingerprint density at radius 3 is 2.31 bits per heavy atom. The second-order valence-corrected chi connectivity index (χ2v) is 4.15. The van der Waals surface area contributed by atoms with Crippen molar-refractivity contribution in [2.45, 2.75) is 44.4 Å². The molecule has 0 amide bonds. The maximum absolute atomic E-state index is 12.9. The smallest absolute Gasteiger partial charge is 0.250 e. The van der Waals surface area contributed by atoms with Gasteiger partial charge in [-0.25, -0.2) is 8.78 Å². The molecule has 0 bridgehead atoms. The minimum Gasteiger partial charge on any atom is -0.296 e. The number of nitrogens with zero attached hydrogens (tertiary/aromatic N) is 1. The van der Waals surface area contributed by atoms with Gasteiger partial charge in [0.15, 0.2) is 0 Å². The van der Waals surface area contributed by atoms with Gasteiger partial charge in [-0.2, -0.15) is 0 Å². The molecular weight excluding hydrogens is 172 g/mol. The first kappa shape index (κ1) is 9.38. The fourth-order valence-electron chi connectivity index (χ4n) is 2.28. The summed E-state index contributed by atoms with van der Waals surface area (Å²) in [7, 11) is 0. The van der Waals surface area contributed by atoms with E-state index in [1.165, 1.54) is 19.3 Å². The zero-order valence-electron chi connectivity index (χ0n) is 7.86. The van der Waals surface area contributed by atoms with Gasteiger partial charge in [0.25, 0.3) is 0 Å². The van der Waals surface area contributed by atoms with E-state index in [1.54, 1.807) is 0 Å². The Hall–Kier alpha value is -0.180. The normalized spacial score (nSPS) is 30.9. The van der Waals surface area contributed by atoms with E-state index in [0.29, 0.717) is 6.42 Å². The Morgan fingerprint density at radius 1 is 1.08 bits per heavy atom. The molecule has 3 heteroatoms. The monoisotopic (exact) mass is 188 g/mol. The predicted octanol–water partition coefficient (Wildman–Crippen LogP) is 2.82. The van der Waals surface area contributed by atoms with Crippen LogP contribution < -0.4 is 0 Å². The maximum Gasteiger partial charge on any atom is 0.250 e. The second kappa shape index (κ2) is 3.52. The van der Waals surface area contributed by atoms with E-state index in [0.717, 1.165) is 19.1 Å². The van der Waals surface area contributed by atoms with Gasteiger partial charge in [0.05, 0.1) is 0 Å². The van der Waals surface area contributed by atoms with Crippen LogP contribution in [0.5, 0.6) is 0 Å². The van der Waals surface area contributed by atoms with Crippen molar-refractivity contribution >= 4 is 0 Å². The summed E-state index contributed by atoms with van der Waals surface area (Å²) in [6, 6.07) is 1.00. The molecule has 1 heterocycles. The molecule has 0 N–H and O–H groups in total. The zero-order chi connectivity index (χ0) is 9.31. The maximum atomic E-state index is 12.9. The molecule has 1 saturated carbocycles. The number of rotatable bonds is 1. The van der Waals surface area contributed by atoms with Gasteiger partial charge in [-0.15, -0.1) is 0 Å². The molecule has 1 aliphatic carbocycles. The van der Waals surface area contributed by atoms with E-state index in [9.17, 15) is 8.78 Å². The first-order chi connectivity index (χ1) is 6.17. The van der Waals surface area contributed by atoms with Crippen LogP contribution in [0.2, 0.25) is 0 Å². The van der Waals surface area contributed by atoms with E-state index in [2.05, 4.69) is 4.90 Å². The molecule has 0 aromatic heterocycles. The highest BCUT2D eigenvalue weighted by molar-refractivity contribution is 5.02. The van der Waals surface area contributed by atoms with Gasteiger partial charge < -0.3 is 0 Å². The lowest BCUT2D eigenvalue weighted by atomic mass is 10.1. The summed E-state index contributed by atoms with van der Waals surface area (Å²) >= 11 is 0. The fraction of sp³-hybridized carbons (Fsp3) is 0.900. The molecular formula is C10H16F2N. The SMILES string of the molecule is FC1(F)CC[C](N2CCCCC2)C1. The Kier molecular flexibility index (Phi) is 2.54. The van der Waals surface area contributed by atoms with Gasteiger partial charge in [-0.05, 0) is 32.4 Å². The Bertz CT molecular complexity index is 176. The largest absolute Gasteiger partial charge is 0.296 e. The van der Waals surface area contributed by atoms with Crippen molar-refractivity contribution in [2.24, 2.45) is 0 Å². The van der Waals surface area contributed by atoms with Crippen LogP contribution in [0.25, 0.3) is 0 Å². The Balaban J connectivity index is 1.87. The van der Waals surface area contributed by atoms with Crippen LogP contribution in [0.4, 0.5) is 8.78 Å². The highest BCUT2D eigenvalue weighted by Crippen LogP contribution is 2.42. The molecule has 1 aliphatic heterocycles. The van der Waals surface area contributed by atoms with Crippen molar-refractivity contribution in [1.29, 1.82) is 0 Å². The first-order valence-corrected chi connectivity index (χ1v) is 5.15. The molecule has 1 radical (unpaired) electrons.